The molecule has 0 aromatic heterocycles. The second-order valence-corrected chi connectivity index (χ2v) is 9.52. The van der Waals surface area contributed by atoms with E-state index in [0.717, 1.165) is 37.3 Å². The zero-order valence-corrected chi connectivity index (χ0v) is 21.3. The summed E-state index contributed by atoms with van der Waals surface area (Å²) in [4.78, 5) is 0. The summed E-state index contributed by atoms with van der Waals surface area (Å²) in [5, 5.41) is 0. The van der Waals surface area contributed by atoms with Gasteiger partial charge in [-0.15, -0.1) is 6.58 Å². The highest BCUT2D eigenvalue weighted by molar-refractivity contribution is 5.66. The summed E-state index contributed by atoms with van der Waals surface area (Å²) in [6.45, 7) is 6.01. The van der Waals surface area contributed by atoms with Crippen LogP contribution < -0.4 is 4.74 Å². The maximum atomic E-state index is 14.9. The Balaban J connectivity index is 1.43. The van der Waals surface area contributed by atoms with Crippen LogP contribution in [0.2, 0.25) is 0 Å². The Labute approximate surface area is 220 Å². The van der Waals surface area contributed by atoms with Gasteiger partial charge >= 0.3 is 0 Å². The SMILES string of the molecule is C=CCCC1CCC(c2ccc(CCc3ccc(-c4ccc(OCC)c(F)c4F)c(F)c3F)c(F)c2)CO1. The molecule has 202 valence electrons. The molecule has 7 heteroatoms. The fourth-order valence-corrected chi connectivity index (χ4v) is 4.89. The number of hydrogen-bond donors (Lipinski definition) is 0. The van der Waals surface area contributed by atoms with Gasteiger partial charge < -0.3 is 9.47 Å². The Morgan fingerprint density at radius 1 is 0.868 bits per heavy atom. The molecule has 0 aliphatic carbocycles. The van der Waals surface area contributed by atoms with Crippen molar-refractivity contribution in [2.24, 2.45) is 0 Å². The van der Waals surface area contributed by atoms with E-state index in [4.69, 9.17) is 9.47 Å². The number of benzene rings is 3. The van der Waals surface area contributed by atoms with Crippen LogP contribution in [0.3, 0.4) is 0 Å². The Kier molecular flexibility index (Phi) is 9.21. The fraction of sp³-hybridized carbons (Fsp3) is 0.355. The molecule has 38 heavy (non-hydrogen) atoms. The van der Waals surface area contributed by atoms with Gasteiger partial charge in [-0.25, -0.2) is 17.6 Å². The molecule has 1 fully saturated rings. The van der Waals surface area contributed by atoms with Gasteiger partial charge in [0, 0.05) is 17.0 Å². The van der Waals surface area contributed by atoms with Crippen LogP contribution in [0, 0.1) is 29.1 Å². The molecular weight excluding hydrogens is 499 g/mol. The first-order valence-electron chi connectivity index (χ1n) is 12.9. The molecule has 0 amide bonds. The normalized spacial score (nSPS) is 17.4. The van der Waals surface area contributed by atoms with Crippen molar-refractivity contribution in [3.63, 3.8) is 0 Å². The van der Waals surface area contributed by atoms with Crippen LogP contribution in [0.1, 0.15) is 55.2 Å². The van der Waals surface area contributed by atoms with E-state index >= 15 is 0 Å². The van der Waals surface area contributed by atoms with Crippen molar-refractivity contribution in [2.45, 2.75) is 57.5 Å². The second-order valence-electron chi connectivity index (χ2n) is 9.52. The molecule has 1 aliphatic heterocycles. The molecule has 2 unspecified atom stereocenters. The number of allylic oxidation sites excluding steroid dienone is 1. The Hall–Kier alpha value is -3.19. The minimum absolute atomic E-state index is 0.0211. The topological polar surface area (TPSA) is 18.5 Å². The molecule has 0 saturated carbocycles. The van der Waals surface area contributed by atoms with Gasteiger partial charge in [0.15, 0.2) is 23.2 Å². The van der Waals surface area contributed by atoms with E-state index < -0.39 is 40.2 Å². The predicted octanol–water partition coefficient (Wildman–Crippen LogP) is 8.46. The quantitative estimate of drug-likeness (QED) is 0.193. The van der Waals surface area contributed by atoms with Gasteiger partial charge in [0.1, 0.15) is 5.82 Å². The van der Waals surface area contributed by atoms with Gasteiger partial charge in [0.25, 0.3) is 0 Å². The highest BCUT2D eigenvalue weighted by Crippen LogP contribution is 2.34. The molecular formula is C31H31F5O2. The maximum Gasteiger partial charge on any atom is 0.201 e. The van der Waals surface area contributed by atoms with Crippen LogP contribution in [-0.4, -0.2) is 19.3 Å². The number of aryl methyl sites for hydroxylation is 2. The average molecular weight is 531 g/mol. The minimum atomic E-state index is -1.32. The summed E-state index contributed by atoms with van der Waals surface area (Å²) < 4.78 is 84.3. The molecule has 4 rings (SSSR count). The molecule has 0 spiro atoms. The molecule has 0 radical (unpaired) electrons. The first-order chi connectivity index (χ1) is 18.3. The molecule has 2 nitrogen and oxygen atoms in total. The summed E-state index contributed by atoms with van der Waals surface area (Å²) in [7, 11) is 0. The molecule has 3 aromatic rings. The van der Waals surface area contributed by atoms with Crippen LogP contribution >= 0.6 is 0 Å². The smallest absolute Gasteiger partial charge is 0.201 e. The first-order valence-corrected chi connectivity index (χ1v) is 12.9. The predicted molar refractivity (Wildman–Crippen MR) is 138 cm³/mol. The molecule has 1 heterocycles. The molecule has 1 aliphatic rings. The summed E-state index contributed by atoms with van der Waals surface area (Å²) in [6, 6.07) is 9.88. The number of rotatable bonds is 10. The van der Waals surface area contributed by atoms with E-state index in [9.17, 15) is 22.0 Å². The van der Waals surface area contributed by atoms with Crippen LogP contribution in [0.5, 0.6) is 5.75 Å². The number of ether oxygens (including phenoxy) is 2. The highest BCUT2D eigenvalue weighted by atomic mass is 19.2. The molecule has 0 N–H and O–H groups in total. The maximum absolute atomic E-state index is 14.9. The van der Waals surface area contributed by atoms with Gasteiger partial charge in [0.05, 0.1) is 19.3 Å². The molecule has 1 saturated heterocycles. The van der Waals surface area contributed by atoms with E-state index in [2.05, 4.69) is 6.58 Å². The van der Waals surface area contributed by atoms with E-state index in [1.54, 1.807) is 13.0 Å². The molecule has 0 bridgehead atoms. The van der Waals surface area contributed by atoms with Gasteiger partial charge in [-0.1, -0.05) is 30.3 Å². The number of hydrogen-bond acceptors (Lipinski definition) is 2. The van der Waals surface area contributed by atoms with E-state index in [-0.39, 0.29) is 42.8 Å². The summed E-state index contributed by atoms with van der Waals surface area (Å²) in [5.41, 5.74) is 0.460. The van der Waals surface area contributed by atoms with Gasteiger partial charge in [-0.3, -0.25) is 0 Å². The van der Waals surface area contributed by atoms with Gasteiger partial charge in [-0.05, 0) is 80.3 Å². The molecule has 3 aromatic carbocycles. The largest absolute Gasteiger partial charge is 0.491 e. The van der Waals surface area contributed by atoms with E-state index in [1.807, 2.05) is 12.1 Å². The second kappa shape index (κ2) is 12.6. The monoisotopic (exact) mass is 530 g/mol. The van der Waals surface area contributed by atoms with Crippen LogP contribution in [0.4, 0.5) is 22.0 Å². The average Bonchev–Trinajstić information content (AvgIpc) is 2.92. The number of halogens is 5. The minimum Gasteiger partial charge on any atom is -0.491 e. The highest BCUT2D eigenvalue weighted by Gasteiger charge is 2.24. The van der Waals surface area contributed by atoms with Crippen molar-refractivity contribution in [1.82, 2.24) is 0 Å². The summed E-state index contributed by atoms with van der Waals surface area (Å²) in [5.74, 6) is -5.63. The van der Waals surface area contributed by atoms with E-state index in [0.29, 0.717) is 12.2 Å². The van der Waals surface area contributed by atoms with Crippen LogP contribution in [0.25, 0.3) is 11.1 Å². The lowest BCUT2D eigenvalue weighted by atomic mass is 9.89. The van der Waals surface area contributed by atoms with Crippen molar-refractivity contribution in [2.75, 3.05) is 13.2 Å². The van der Waals surface area contributed by atoms with Crippen LogP contribution in [0.15, 0.2) is 55.1 Å². The van der Waals surface area contributed by atoms with Gasteiger partial charge in [-0.2, -0.15) is 4.39 Å². The Morgan fingerprint density at radius 2 is 1.55 bits per heavy atom. The lowest BCUT2D eigenvalue weighted by molar-refractivity contribution is -0.000220. The first kappa shape index (κ1) is 27.8. The van der Waals surface area contributed by atoms with Crippen molar-refractivity contribution in [3.8, 4) is 16.9 Å². The third-order valence-electron chi connectivity index (χ3n) is 7.07. The zero-order valence-electron chi connectivity index (χ0n) is 21.3. The lowest BCUT2D eigenvalue weighted by Gasteiger charge is -2.29. The van der Waals surface area contributed by atoms with Crippen molar-refractivity contribution in [1.29, 1.82) is 0 Å². The molecule has 2 atom stereocenters. The van der Waals surface area contributed by atoms with Crippen molar-refractivity contribution >= 4 is 0 Å². The summed E-state index contributed by atoms with van der Waals surface area (Å²) >= 11 is 0. The zero-order chi connectivity index (χ0) is 27.2. The van der Waals surface area contributed by atoms with E-state index in [1.165, 1.54) is 24.3 Å². The standard InChI is InChI=1S/C31H31F5O2/c1-3-5-6-23-13-11-22(18-38-23)21-10-8-19(26(32)17-21)7-9-20-12-14-24(29(34)28(20)33)25-15-16-27(37-4-2)31(36)30(25)35/h3,8,10,12,14-17,22-23H,1,4-7,9,11,13,18H2,2H3. The van der Waals surface area contributed by atoms with Crippen molar-refractivity contribution in [3.05, 3.63) is 101 Å². The van der Waals surface area contributed by atoms with Gasteiger partial charge in [0.2, 0.25) is 5.82 Å². The Morgan fingerprint density at radius 3 is 2.21 bits per heavy atom. The van der Waals surface area contributed by atoms with Crippen molar-refractivity contribution < 1.29 is 31.4 Å². The third kappa shape index (κ3) is 6.09. The summed E-state index contributed by atoms with van der Waals surface area (Å²) in [6.07, 6.45) is 5.94. The van der Waals surface area contributed by atoms with Crippen LogP contribution in [-0.2, 0) is 17.6 Å². The third-order valence-corrected chi connectivity index (χ3v) is 7.07. The Bertz CT molecular complexity index is 1280. The fourth-order valence-electron chi connectivity index (χ4n) is 4.89. The lowest BCUT2D eigenvalue weighted by Crippen LogP contribution is -2.24.